The van der Waals surface area contributed by atoms with E-state index in [2.05, 4.69) is 16.5 Å². The van der Waals surface area contributed by atoms with Gasteiger partial charge in [-0.2, -0.15) is 0 Å². The lowest BCUT2D eigenvalue weighted by Crippen LogP contribution is -2.32. The van der Waals surface area contributed by atoms with E-state index >= 15 is 0 Å². The van der Waals surface area contributed by atoms with Gasteiger partial charge in [-0.15, -0.1) is 11.3 Å². The van der Waals surface area contributed by atoms with Crippen LogP contribution in [0.2, 0.25) is 0 Å². The minimum absolute atomic E-state index is 0.119. The second kappa shape index (κ2) is 8.37. The Hall–Kier alpha value is -3.65. The first kappa shape index (κ1) is 21.2. The number of hydrogen-bond acceptors (Lipinski definition) is 6. The molecule has 0 saturated carbocycles. The zero-order valence-corrected chi connectivity index (χ0v) is 19.5. The molecule has 5 rings (SSSR count). The summed E-state index contributed by atoms with van der Waals surface area (Å²) in [5.41, 5.74) is 4.03. The molecule has 1 aliphatic heterocycles. The van der Waals surface area contributed by atoms with Gasteiger partial charge in [-0.1, -0.05) is 6.58 Å². The third-order valence-electron chi connectivity index (χ3n) is 5.89. The number of hydrogen-bond donors (Lipinski definition) is 1. The van der Waals surface area contributed by atoms with Gasteiger partial charge in [-0.05, 0) is 60.9 Å². The molecule has 1 fully saturated rings. The number of imidazole rings is 1. The lowest BCUT2D eigenvalue weighted by atomic mass is 10.1. The van der Waals surface area contributed by atoms with Crippen LogP contribution in [-0.4, -0.2) is 46.5 Å². The summed E-state index contributed by atoms with van der Waals surface area (Å²) in [5, 5.41) is 0.842. The van der Waals surface area contributed by atoms with E-state index in [0.717, 1.165) is 50.0 Å². The monoisotopic (exact) mass is 460 g/mol. The van der Waals surface area contributed by atoms with Crippen molar-refractivity contribution in [2.75, 3.05) is 20.8 Å². The fourth-order valence-electron chi connectivity index (χ4n) is 4.22. The van der Waals surface area contributed by atoms with Gasteiger partial charge in [0.15, 0.2) is 0 Å². The first-order valence-electron chi connectivity index (χ1n) is 10.6. The molecule has 0 bridgehead atoms. The van der Waals surface area contributed by atoms with Crippen molar-refractivity contribution in [2.24, 2.45) is 0 Å². The molecule has 33 heavy (non-hydrogen) atoms. The van der Waals surface area contributed by atoms with E-state index < -0.39 is 0 Å². The molecule has 0 aliphatic carbocycles. The third-order valence-corrected chi connectivity index (χ3v) is 6.91. The average molecular weight is 461 g/mol. The zero-order chi connectivity index (χ0) is 23.1. The summed E-state index contributed by atoms with van der Waals surface area (Å²) in [5.74, 6) is 2.10. The Morgan fingerprint density at radius 3 is 2.58 bits per heavy atom. The van der Waals surface area contributed by atoms with Crippen molar-refractivity contribution in [3.05, 3.63) is 71.1 Å². The van der Waals surface area contributed by atoms with Gasteiger partial charge < -0.3 is 19.4 Å². The molecule has 3 heterocycles. The number of thiazole rings is 1. The number of carbonyl (C=O) groups is 1. The molecule has 1 amide bonds. The Balaban J connectivity index is 1.51. The Labute approximate surface area is 195 Å². The molecule has 1 aliphatic rings. The molecule has 0 spiro atoms. The van der Waals surface area contributed by atoms with Crippen molar-refractivity contribution in [3.8, 4) is 21.9 Å². The number of nitrogens with zero attached hydrogens (tertiary/aromatic N) is 3. The van der Waals surface area contributed by atoms with E-state index in [4.69, 9.17) is 14.5 Å². The fourth-order valence-corrected chi connectivity index (χ4v) is 5.14. The first-order chi connectivity index (χ1) is 16.0. The van der Waals surface area contributed by atoms with Gasteiger partial charge in [-0.25, -0.2) is 9.97 Å². The molecule has 2 aromatic heterocycles. The highest BCUT2D eigenvalue weighted by atomic mass is 32.1. The Morgan fingerprint density at radius 1 is 1.12 bits per heavy atom. The van der Waals surface area contributed by atoms with Gasteiger partial charge in [0.1, 0.15) is 29.1 Å². The van der Waals surface area contributed by atoms with Crippen LogP contribution in [0.5, 0.6) is 11.5 Å². The maximum absolute atomic E-state index is 13.8. The smallest absolute Gasteiger partial charge is 0.274 e. The summed E-state index contributed by atoms with van der Waals surface area (Å²) < 4.78 is 10.6. The molecule has 0 radical (unpaired) electrons. The molecule has 2 aromatic carbocycles. The van der Waals surface area contributed by atoms with E-state index in [0.29, 0.717) is 18.1 Å². The summed E-state index contributed by atoms with van der Waals surface area (Å²) >= 11 is 1.51. The number of likely N-dealkylation sites (tertiary alicyclic amines) is 1. The van der Waals surface area contributed by atoms with Crippen molar-refractivity contribution >= 4 is 28.3 Å². The Bertz CT molecular complexity index is 1360. The van der Waals surface area contributed by atoms with E-state index in [1.54, 1.807) is 14.2 Å². The topological polar surface area (TPSA) is 80.3 Å². The largest absolute Gasteiger partial charge is 0.497 e. The number of fused-ring (bicyclic) bond motifs is 1. The van der Waals surface area contributed by atoms with Crippen molar-refractivity contribution in [1.82, 2.24) is 19.9 Å². The molecular weight excluding hydrogens is 436 g/mol. The average Bonchev–Trinajstić information content (AvgIpc) is 3.54. The normalized spacial score (nSPS) is 15.9. The predicted molar refractivity (Wildman–Crippen MR) is 129 cm³/mol. The van der Waals surface area contributed by atoms with Crippen molar-refractivity contribution in [3.63, 3.8) is 0 Å². The summed E-state index contributed by atoms with van der Waals surface area (Å²) in [6, 6.07) is 13.0. The lowest BCUT2D eigenvalue weighted by molar-refractivity contribution is 0.0737. The lowest BCUT2D eigenvalue weighted by Gasteiger charge is -2.23. The number of benzene rings is 2. The quantitative estimate of drug-likeness (QED) is 0.416. The third kappa shape index (κ3) is 3.76. The zero-order valence-electron chi connectivity index (χ0n) is 18.7. The Morgan fingerprint density at radius 2 is 1.85 bits per heavy atom. The molecule has 8 heteroatoms. The summed E-state index contributed by atoms with van der Waals surface area (Å²) in [4.78, 5) is 29.2. The molecule has 4 aromatic rings. The molecule has 0 unspecified atom stereocenters. The van der Waals surface area contributed by atoms with Gasteiger partial charge in [0.25, 0.3) is 5.91 Å². The maximum Gasteiger partial charge on any atom is 0.274 e. The maximum atomic E-state index is 13.8. The van der Waals surface area contributed by atoms with Crippen LogP contribution in [0.4, 0.5) is 0 Å². The number of rotatable bonds is 5. The number of aromatic amines is 1. The molecule has 168 valence electrons. The van der Waals surface area contributed by atoms with E-state index in [9.17, 15) is 4.79 Å². The predicted octanol–water partition coefficient (Wildman–Crippen LogP) is 5.16. The number of H-pyrrole nitrogens is 1. The van der Waals surface area contributed by atoms with Crippen LogP contribution in [0.25, 0.3) is 21.5 Å². The number of methoxy groups -OCH3 is 2. The van der Waals surface area contributed by atoms with Crippen molar-refractivity contribution in [1.29, 1.82) is 0 Å². The van der Waals surface area contributed by atoms with Crippen molar-refractivity contribution in [2.45, 2.75) is 19.4 Å². The standard InChI is InChI=1S/C25H24N4O3S/c1-14-11-12-29(22(14)24-27-19-10-9-18(32-4)13-20(19)28-24)25(30)21-23(33-15(2)26-21)16-5-7-17(31-3)8-6-16/h5-10,13,22H,1,11-12H2,2-4H3,(H,27,28)/t22-/m0/s1. The van der Waals surface area contributed by atoms with Crippen LogP contribution in [0.3, 0.4) is 0 Å². The summed E-state index contributed by atoms with van der Waals surface area (Å²) in [7, 11) is 3.27. The second-order valence-electron chi connectivity index (χ2n) is 7.95. The highest BCUT2D eigenvalue weighted by Gasteiger charge is 2.37. The first-order valence-corrected chi connectivity index (χ1v) is 11.4. The number of aromatic nitrogens is 3. The van der Waals surface area contributed by atoms with Crippen LogP contribution in [0, 0.1) is 6.92 Å². The fraction of sp³-hybridized carbons (Fsp3) is 0.240. The van der Waals surface area contributed by atoms with Crippen LogP contribution in [0.1, 0.15) is 33.8 Å². The van der Waals surface area contributed by atoms with Gasteiger partial charge in [0.2, 0.25) is 0 Å². The van der Waals surface area contributed by atoms with Crippen LogP contribution in [0.15, 0.2) is 54.6 Å². The van der Waals surface area contributed by atoms with E-state index in [1.807, 2.05) is 54.3 Å². The van der Waals surface area contributed by atoms with E-state index in [-0.39, 0.29) is 11.9 Å². The number of aryl methyl sites for hydroxylation is 1. The highest BCUT2D eigenvalue weighted by molar-refractivity contribution is 7.15. The van der Waals surface area contributed by atoms with E-state index in [1.165, 1.54) is 11.3 Å². The minimum atomic E-state index is -0.332. The molecule has 1 saturated heterocycles. The second-order valence-corrected chi connectivity index (χ2v) is 9.16. The number of nitrogens with one attached hydrogen (secondary N) is 1. The number of ether oxygens (including phenoxy) is 2. The van der Waals surface area contributed by atoms with Gasteiger partial charge >= 0.3 is 0 Å². The SMILES string of the molecule is C=C1CCN(C(=O)c2nc(C)sc2-c2ccc(OC)cc2)[C@@H]1c1nc2ccc(OC)cc2[nH]1. The van der Waals surface area contributed by atoms with Crippen LogP contribution in [-0.2, 0) is 0 Å². The van der Waals surface area contributed by atoms with Gasteiger partial charge in [0, 0.05) is 12.6 Å². The highest BCUT2D eigenvalue weighted by Crippen LogP contribution is 2.39. The summed E-state index contributed by atoms with van der Waals surface area (Å²) in [6.07, 6.45) is 0.720. The Kier molecular flexibility index (Phi) is 5.38. The molecule has 1 atom stereocenters. The van der Waals surface area contributed by atoms with Crippen molar-refractivity contribution < 1.29 is 14.3 Å². The molecule has 7 nitrogen and oxygen atoms in total. The van der Waals surface area contributed by atoms with Crippen LogP contribution >= 0.6 is 11.3 Å². The van der Waals surface area contributed by atoms with Gasteiger partial charge in [-0.3, -0.25) is 4.79 Å². The van der Waals surface area contributed by atoms with Crippen LogP contribution < -0.4 is 9.47 Å². The number of carbonyl (C=O) groups excluding carboxylic acids is 1. The minimum Gasteiger partial charge on any atom is -0.497 e. The molecular formula is C25H24N4O3S. The summed E-state index contributed by atoms with van der Waals surface area (Å²) in [6.45, 7) is 6.73. The number of amides is 1. The molecule has 1 N–H and O–H groups in total. The van der Waals surface area contributed by atoms with Gasteiger partial charge in [0.05, 0.1) is 35.1 Å².